The molecule has 0 amide bonds. The fraction of sp³-hybridized carbons (Fsp3) is 0.138. The van der Waals surface area contributed by atoms with Crippen molar-refractivity contribution < 1.29 is 27.2 Å². The Morgan fingerprint density at radius 2 is 1.75 bits per heavy atom. The maximum absolute atomic E-state index is 14.7. The number of fused-ring (bicyclic) bond motifs is 1. The van der Waals surface area contributed by atoms with E-state index in [1.54, 1.807) is 43.3 Å². The van der Waals surface area contributed by atoms with E-state index in [9.17, 15) is 27.7 Å². The topological polar surface area (TPSA) is 70.2 Å². The van der Waals surface area contributed by atoms with Gasteiger partial charge < -0.3 is 4.74 Å². The number of rotatable bonds is 7. The lowest BCUT2D eigenvalue weighted by Crippen LogP contribution is -2.07. The van der Waals surface area contributed by atoms with Crippen LogP contribution in [0.25, 0.3) is 22.2 Å². The number of halogens is 5. The largest absolute Gasteiger partial charge is 0.489 e. The Balaban J connectivity index is 1.57. The smallest absolute Gasteiger partial charge is 0.418 e. The van der Waals surface area contributed by atoms with E-state index < -0.39 is 22.5 Å². The predicted molar refractivity (Wildman–Crippen MR) is 143 cm³/mol. The zero-order valence-electron chi connectivity index (χ0n) is 20.9. The molecule has 0 aliphatic heterocycles. The predicted octanol–water partition coefficient (Wildman–Crippen LogP) is 8.36. The van der Waals surface area contributed by atoms with Crippen LogP contribution in [0.3, 0.4) is 0 Å². The van der Waals surface area contributed by atoms with E-state index in [1.807, 2.05) is 0 Å². The second-order valence-corrected chi connectivity index (χ2v) is 9.51. The van der Waals surface area contributed by atoms with Gasteiger partial charge in [0.25, 0.3) is 5.69 Å². The molecule has 0 fully saturated rings. The first-order valence-corrected chi connectivity index (χ1v) is 12.4. The normalized spacial score (nSPS) is 11.7. The van der Waals surface area contributed by atoms with Crippen LogP contribution in [0.5, 0.6) is 5.75 Å². The molecule has 204 valence electrons. The van der Waals surface area contributed by atoms with Gasteiger partial charge in [0.15, 0.2) is 0 Å². The monoisotopic (exact) mass is 569 g/mol. The average molecular weight is 570 g/mol. The summed E-state index contributed by atoms with van der Waals surface area (Å²) in [4.78, 5) is 10.8. The van der Waals surface area contributed by atoms with Gasteiger partial charge in [-0.2, -0.15) is 18.3 Å². The summed E-state index contributed by atoms with van der Waals surface area (Å²) in [6.07, 6.45) is -4.65. The van der Waals surface area contributed by atoms with E-state index in [-0.39, 0.29) is 40.3 Å². The van der Waals surface area contributed by atoms with Gasteiger partial charge in [-0.1, -0.05) is 54.1 Å². The molecule has 40 heavy (non-hydrogen) atoms. The van der Waals surface area contributed by atoms with Gasteiger partial charge in [0.1, 0.15) is 23.7 Å². The summed E-state index contributed by atoms with van der Waals surface area (Å²) in [7, 11) is 0. The van der Waals surface area contributed by atoms with Crippen molar-refractivity contribution in [2.45, 2.75) is 26.3 Å². The Hall–Kier alpha value is -4.44. The highest BCUT2D eigenvalue weighted by Gasteiger charge is 2.34. The highest BCUT2D eigenvalue weighted by molar-refractivity contribution is 6.30. The number of hydrogen-bond acceptors (Lipinski definition) is 4. The van der Waals surface area contributed by atoms with Gasteiger partial charge in [0, 0.05) is 33.2 Å². The van der Waals surface area contributed by atoms with Crippen molar-refractivity contribution in [3.05, 3.63) is 122 Å². The molecule has 0 atom stereocenters. The maximum Gasteiger partial charge on any atom is 0.418 e. The lowest BCUT2D eigenvalue weighted by atomic mass is 10.0. The van der Waals surface area contributed by atoms with Crippen molar-refractivity contribution in [3.8, 4) is 17.0 Å². The first kappa shape index (κ1) is 27.1. The number of benzene rings is 4. The summed E-state index contributed by atoms with van der Waals surface area (Å²) in [5.41, 5.74) is 0.908. The van der Waals surface area contributed by atoms with E-state index >= 15 is 0 Å². The second-order valence-electron chi connectivity index (χ2n) is 9.08. The maximum atomic E-state index is 14.7. The minimum atomic E-state index is -4.65. The van der Waals surface area contributed by atoms with Crippen LogP contribution in [-0.2, 0) is 19.3 Å². The number of aromatic nitrogens is 2. The molecule has 5 rings (SSSR count). The van der Waals surface area contributed by atoms with Gasteiger partial charge in [0.05, 0.1) is 22.7 Å². The van der Waals surface area contributed by atoms with Crippen LogP contribution in [0.15, 0.2) is 78.9 Å². The van der Waals surface area contributed by atoms with Gasteiger partial charge in [-0.3, -0.25) is 14.8 Å². The molecule has 1 heterocycles. The molecule has 1 aromatic heterocycles. The van der Waals surface area contributed by atoms with E-state index in [2.05, 4.69) is 5.10 Å². The molecular weight excluding hydrogens is 550 g/mol. The molecule has 0 spiro atoms. The van der Waals surface area contributed by atoms with Gasteiger partial charge >= 0.3 is 6.18 Å². The van der Waals surface area contributed by atoms with Crippen molar-refractivity contribution in [2.24, 2.45) is 0 Å². The SMILES string of the molecule is Cc1c(COc2cccc(-c3c4cccc(C(F)(F)F)c4nn3Cc3ccc(Cl)cc3F)c2)cccc1[N+](=O)[O-]. The highest BCUT2D eigenvalue weighted by atomic mass is 35.5. The summed E-state index contributed by atoms with van der Waals surface area (Å²) in [5.74, 6) is -0.229. The first-order valence-electron chi connectivity index (χ1n) is 12.0. The molecule has 0 bridgehead atoms. The van der Waals surface area contributed by atoms with Gasteiger partial charge in [-0.05, 0) is 42.8 Å². The minimum Gasteiger partial charge on any atom is -0.489 e. The summed E-state index contributed by atoms with van der Waals surface area (Å²) >= 11 is 5.87. The number of hydrogen-bond donors (Lipinski definition) is 0. The van der Waals surface area contributed by atoms with Crippen molar-refractivity contribution >= 4 is 28.2 Å². The van der Waals surface area contributed by atoms with Crippen LogP contribution in [0.2, 0.25) is 5.02 Å². The number of ether oxygens (including phenoxy) is 1. The van der Waals surface area contributed by atoms with E-state index in [0.29, 0.717) is 28.1 Å². The Labute approximate surface area is 230 Å². The third-order valence-corrected chi connectivity index (χ3v) is 6.76. The summed E-state index contributed by atoms with van der Waals surface area (Å²) < 4.78 is 63.5. The molecule has 6 nitrogen and oxygen atoms in total. The molecule has 0 N–H and O–H groups in total. The third-order valence-electron chi connectivity index (χ3n) is 6.53. The van der Waals surface area contributed by atoms with Crippen molar-refractivity contribution in [3.63, 3.8) is 0 Å². The van der Waals surface area contributed by atoms with Crippen molar-refractivity contribution in [1.29, 1.82) is 0 Å². The fourth-order valence-corrected chi connectivity index (χ4v) is 4.69. The van der Waals surface area contributed by atoms with Crippen LogP contribution in [0.4, 0.5) is 23.2 Å². The van der Waals surface area contributed by atoms with Gasteiger partial charge in [0.2, 0.25) is 0 Å². The van der Waals surface area contributed by atoms with E-state index in [0.717, 1.165) is 12.1 Å². The fourth-order valence-electron chi connectivity index (χ4n) is 4.53. The molecule has 0 unspecified atom stereocenters. The highest BCUT2D eigenvalue weighted by Crippen LogP contribution is 2.39. The van der Waals surface area contributed by atoms with Crippen LogP contribution in [0, 0.1) is 22.9 Å². The van der Waals surface area contributed by atoms with Gasteiger partial charge in [-0.15, -0.1) is 0 Å². The van der Waals surface area contributed by atoms with Crippen molar-refractivity contribution in [2.75, 3.05) is 0 Å². The van der Waals surface area contributed by atoms with E-state index in [1.165, 1.54) is 35.0 Å². The Morgan fingerprint density at radius 3 is 2.48 bits per heavy atom. The van der Waals surface area contributed by atoms with Crippen molar-refractivity contribution in [1.82, 2.24) is 9.78 Å². The second kappa shape index (κ2) is 10.6. The molecular formula is C29H20ClF4N3O3. The first-order chi connectivity index (χ1) is 19.0. The Kier molecular flexibility index (Phi) is 7.20. The molecule has 0 aliphatic carbocycles. The number of nitrogens with zero attached hydrogens (tertiary/aromatic N) is 3. The van der Waals surface area contributed by atoms with Crippen LogP contribution in [-0.4, -0.2) is 14.7 Å². The molecule has 0 saturated heterocycles. The van der Waals surface area contributed by atoms with Crippen LogP contribution >= 0.6 is 11.6 Å². The number of alkyl halides is 3. The molecule has 0 aliphatic rings. The molecule has 0 saturated carbocycles. The lowest BCUT2D eigenvalue weighted by molar-refractivity contribution is -0.385. The molecule has 5 aromatic rings. The van der Waals surface area contributed by atoms with Crippen LogP contribution in [0.1, 0.15) is 22.3 Å². The zero-order chi connectivity index (χ0) is 28.6. The summed E-state index contributed by atoms with van der Waals surface area (Å²) in [6.45, 7) is 1.51. The van der Waals surface area contributed by atoms with Crippen LogP contribution < -0.4 is 4.74 Å². The van der Waals surface area contributed by atoms with E-state index in [4.69, 9.17) is 16.3 Å². The molecule has 4 aromatic carbocycles. The quantitative estimate of drug-likeness (QED) is 0.112. The minimum absolute atomic E-state index is 0.0277. The molecule has 11 heteroatoms. The summed E-state index contributed by atoms with van der Waals surface area (Å²) in [6, 6.07) is 19.2. The average Bonchev–Trinajstić information content (AvgIpc) is 3.27. The zero-order valence-corrected chi connectivity index (χ0v) is 21.6. The summed E-state index contributed by atoms with van der Waals surface area (Å²) in [5, 5.41) is 16.0. The standard InChI is InChI=1S/C29H20ClF4N3O3/c1-17-20(6-3-10-26(17)37(38)39)16-40-22-7-2-5-18(13-22)28-23-8-4-9-24(29(32,33)34)27(23)35-36(28)15-19-11-12-21(30)14-25(19)31/h2-14H,15-16H2,1H3. The number of nitro benzene ring substituents is 1. The number of nitro groups is 1. The van der Waals surface area contributed by atoms with Gasteiger partial charge in [-0.25, -0.2) is 4.39 Å². The Bertz CT molecular complexity index is 1750. The Morgan fingerprint density at radius 1 is 1.00 bits per heavy atom. The molecule has 0 radical (unpaired) electrons. The third kappa shape index (κ3) is 5.35. The lowest BCUT2D eigenvalue weighted by Gasteiger charge is -2.12.